The van der Waals surface area contributed by atoms with E-state index in [9.17, 15) is 19.7 Å². The van der Waals surface area contributed by atoms with Crippen LogP contribution in [0.25, 0.3) is 0 Å². The minimum atomic E-state index is -0.691. The summed E-state index contributed by atoms with van der Waals surface area (Å²) in [5, 5.41) is 11.3. The molecule has 2 aromatic carbocycles. The van der Waals surface area contributed by atoms with Gasteiger partial charge in [-0.2, -0.15) is 0 Å². The highest BCUT2D eigenvalue weighted by molar-refractivity contribution is 5.97. The summed E-state index contributed by atoms with van der Waals surface area (Å²) in [5.74, 6) is -1.07. The van der Waals surface area contributed by atoms with Gasteiger partial charge >= 0.3 is 11.7 Å². The van der Waals surface area contributed by atoms with Gasteiger partial charge in [-0.15, -0.1) is 0 Å². The summed E-state index contributed by atoms with van der Waals surface area (Å²) < 4.78 is 9.98. The molecule has 0 saturated heterocycles. The number of fused-ring (bicyclic) bond motifs is 1. The molecular weight excluding hydrogens is 352 g/mol. The lowest BCUT2D eigenvalue weighted by molar-refractivity contribution is -0.385. The van der Waals surface area contributed by atoms with Gasteiger partial charge in [0.1, 0.15) is 0 Å². The van der Waals surface area contributed by atoms with Crippen LogP contribution in [0.5, 0.6) is 5.75 Å². The van der Waals surface area contributed by atoms with E-state index in [4.69, 9.17) is 4.74 Å². The van der Waals surface area contributed by atoms with Crippen molar-refractivity contribution in [1.29, 1.82) is 0 Å². The number of hydrogen-bond acceptors (Lipinski definition) is 6. The molecule has 2 aromatic rings. The van der Waals surface area contributed by atoms with E-state index in [0.29, 0.717) is 0 Å². The van der Waals surface area contributed by atoms with Crippen LogP contribution in [0, 0.1) is 10.1 Å². The molecule has 1 atom stereocenters. The second kappa shape index (κ2) is 7.45. The Morgan fingerprint density at radius 1 is 1.26 bits per heavy atom. The molecule has 27 heavy (non-hydrogen) atoms. The van der Waals surface area contributed by atoms with Crippen LogP contribution in [0.2, 0.25) is 0 Å². The van der Waals surface area contributed by atoms with Gasteiger partial charge in [-0.3, -0.25) is 14.9 Å². The Bertz CT molecular complexity index is 911. The Kier molecular flexibility index (Phi) is 5.07. The number of carbonyl (C=O) groups excluding carboxylic acids is 2. The number of benzene rings is 2. The fourth-order valence-corrected chi connectivity index (χ4v) is 3.18. The third-order valence-corrected chi connectivity index (χ3v) is 4.40. The van der Waals surface area contributed by atoms with Crippen LogP contribution in [0.3, 0.4) is 0 Å². The number of nitrogens with zero attached hydrogens (tertiary/aromatic N) is 2. The summed E-state index contributed by atoms with van der Waals surface area (Å²) in [7, 11) is 1.19. The Labute approximate surface area is 155 Å². The van der Waals surface area contributed by atoms with Crippen LogP contribution >= 0.6 is 0 Å². The van der Waals surface area contributed by atoms with Gasteiger partial charge in [0.2, 0.25) is 0 Å². The molecule has 8 nitrogen and oxygen atoms in total. The van der Waals surface area contributed by atoms with Crippen molar-refractivity contribution >= 4 is 23.3 Å². The summed E-state index contributed by atoms with van der Waals surface area (Å²) in [5.41, 5.74) is 1.53. The number of methoxy groups -OCH3 is 1. The number of amides is 1. The Morgan fingerprint density at radius 2 is 2.00 bits per heavy atom. The van der Waals surface area contributed by atoms with E-state index in [-0.39, 0.29) is 29.9 Å². The number of rotatable bonds is 5. The van der Waals surface area contributed by atoms with Crippen molar-refractivity contribution in [2.75, 3.05) is 18.6 Å². The van der Waals surface area contributed by atoms with Crippen molar-refractivity contribution in [1.82, 2.24) is 0 Å². The van der Waals surface area contributed by atoms with Gasteiger partial charge in [0.05, 0.1) is 17.6 Å². The smallest absolute Gasteiger partial charge is 0.338 e. The average Bonchev–Trinajstić information content (AvgIpc) is 3.01. The first kappa shape index (κ1) is 18.4. The molecule has 0 bridgehead atoms. The van der Waals surface area contributed by atoms with Gasteiger partial charge in [-0.25, -0.2) is 4.79 Å². The number of nitro benzene ring substituents is 1. The van der Waals surface area contributed by atoms with Crippen molar-refractivity contribution in [2.24, 2.45) is 0 Å². The first-order chi connectivity index (χ1) is 12.9. The average molecular weight is 370 g/mol. The second-order valence-corrected chi connectivity index (χ2v) is 6.17. The molecule has 0 spiro atoms. The van der Waals surface area contributed by atoms with Gasteiger partial charge in [0.25, 0.3) is 5.91 Å². The van der Waals surface area contributed by atoms with E-state index in [2.05, 4.69) is 4.74 Å². The molecule has 140 valence electrons. The van der Waals surface area contributed by atoms with E-state index in [1.165, 1.54) is 19.2 Å². The Morgan fingerprint density at radius 3 is 2.70 bits per heavy atom. The summed E-state index contributed by atoms with van der Waals surface area (Å²) in [6.45, 7) is 1.59. The number of esters is 1. The minimum absolute atomic E-state index is 0.0183. The molecule has 0 fully saturated rings. The first-order valence-corrected chi connectivity index (χ1v) is 8.32. The van der Waals surface area contributed by atoms with Crippen LogP contribution in [0.1, 0.15) is 22.8 Å². The van der Waals surface area contributed by atoms with Crippen LogP contribution in [0.15, 0.2) is 42.5 Å². The Balaban J connectivity index is 1.78. The molecule has 1 amide bonds. The molecule has 0 radical (unpaired) electrons. The molecule has 3 rings (SSSR count). The van der Waals surface area contributed by atoms with Crippen molar-refractivity contribution in [2.45, 2.75) is 19.4 Å². The third-order valence-electron chi connectivity index (χ3n) is 4.40. The van der Waals surface area contributed by atoms with Crippen LogP contribution in [0.4, 0.5) is 11.4 Å². The van der Waals surface area contributed by atoms with Crippen LogP contribution < -0.4 is 9.64 Å². The number of anilines is 1. The number of nitro groups is 1. The molecule has 1 heterocycles. The molecule has 0 unspecified atom stereocenters. The number of hydrogen-bond donors (Lipinski definition) is 0. The Hall–Kier alpha value is -3.42. The van der Waals surface area contributed by atoms with Crippen LogP contribution in [-0.2, 0) is 16.0 Å². The lowest BCUT2D eigenvalue weighted by Gasteiger charge is -2.22. The maximum absolute atomic E-state index is 12.7. The van der Waals surface area contributed by atoms with Crippen molar-refractivity contribution < 1.29 is 24.0 Å². The summed E-state index contributed by atoms with van der Waals surface area (Å²) >= 11 is 0. The largest absolute Gasteiger partial charge is 0.477 e. The fourth-order valence-electron chi connectivity index (χ4n) is 3.18. The van der Waals surface area contributed by atoms with E-state index in [1.54, 1.807) is 4.90 Å². The van der Waals surface area contributed by atoms with Crippen molar-refractivity contribution in [3.05, 3.63) is 63.7 Å². The normalized spacial score (nSPS) is 15.2. The molecule has 0 aliphatic carbocycles. The molecule has 0 N–H and O–H groups in total. The third kappa shape index (κ3) is 3.59. The van der Waals surface area contributed by atoms with Crippen molar-refractivity contribution in [3.8, 4) is 5.75 Å². The monoisotopic (exact) mass is 370 g/mol. The van der Waals surface area contributed by atoms with Gasteiger partial charge in [-0.05, 0) is 37.1 Å². The summed E-state index contributed by atoms with van der Waals surface area (Å²) in [4.78, 5) is 36.5. The predicted octanol–water partition coefficient (Wildman–Crippen LogP) is 2.74. The highest BCUT2D eigenvalue weighted by Gasteiger charge is 2.31. The zero-order chi connectivity index (χ0) is 19.6. The van der Waals surface area contributed by atoms with E-state index < -0.39 is 16.6 Å². The number of ether oxygens (including phenoxy) is 2. The number of para-hydroxylation sites is 1. The standard InChI is InChI=1S/C19H18N2O6/c1-12-9-13-5-3-4-6-15(13)20(12)18(22)11-27-17-8-7-14(19(23)26-2)10-16(17)21(24)25/h3-8,10,12H,9,11H2,1-2H3/t12-/m1/s1. The minimum Gasteiger partial charge on any atom is -0.477 e. The van der Waals surface area contributed by atoms with E-state index in [1.807, 2.05) is 31.2 Å². The zero-order valence-electron chi connectivity index (χ0n) is 14.9. The summed E-state index contributed by atoms with van der Waals surface area (Å²) in [6, 6.07) is 11.3. The van der Waals surface area contributed by atoms with E-state index in [0.717, 1.165) is 23.7 Å². The highest BCUT2D eigenvalue weighted by Crippen LogP contribution is 2.32. The second-order valence-electron chi connectivity index (χ2n) is 6.17. The molecule has 0 aromatic heterocycles. The SMILES string of the molecule is COC(=O)c1ccc(OCC(=O)N2c3ccccc3C[C@H]2C)c([N+](=O)[O-])c1. The summed E-state index contributed by atoms with van der Waals surface area (Å²) in [6.07, 6.45) is 0.746. The number of carbonyl (C=O) groups is 2. The van der Waals surface area contributed by atoms with E-state index >= 15 is 0 Å². The van der Waals surface area contributed by atoms with Crippen LogP contribution in [-0.4, -0.2) is 36.6 Å². The topological polar surface area (TPSA) is 99.0 Å². The quantitative estimate of drug-likeness (QED) is 0.456. The van der Waals surface area contributed by atoms with Gasteiger partial charge in [0, 0.05) is 17.8 Å². The molecule has 1 aliphatic heterocycles. The van der Waals surface area contributed by atoms with Gasteiger partial charge in [0.15, 0.2) is 12.4 Å². The highest BCUT2D eigenvalue weighted by atomic mass is 16.6. The first-order valence-electron chi connectivity index (χ1n) is 8.32. The fraction of sp³-hybridized carbons (Fsp3) is 0.263. The molecule has 1 aliphatic rings. The van der Waals surface area contributed by atoms with Gasteiger partial charge < -0.3 is 14.4 Å². The predicted molar refractivity (Wildman–Crippen MR) is 97.0 cm³/mol. The maximum Gasteiger partial charge on any atom is 0.338 e. The molecular formula is C19H18N2O6. The van der Waals surface area contributed by atoms with Crippen molar-refractivity contribution in [3.63, 3.8) is 0 Å². The zero-order valence-corrected chi connectivity index (χ0v) is 14.9. The lowest BCUT2D eigenvalue weighted by Crippen LogP contribution is -2.39. The maximum atomic E-state index is 12.7. The molecule has 0 saturated carbocycles. The molecule has 8 heteroatoms. The van der Waals surface area contributed by atoms with Gasteiger partial charge in [-0.1, -0.05) is 18.2 Å². The lowest BCUT2D eigenvalue weighted by atomic mass is 10.1.